The number of phosphoric ester groups is 1. The molecule has 0 aromatic rings. The van der Waals surface area contributed by atoms with Gasteiger partial charge in [0.25, 0.3) is 7.82 Å². The largest absolute Gasteiger partial charge is 0.756 e. The van der Waals surface area contributed by atoms with Gasteiger partial charge in [0.2, 0.25) is 0 Å². The molecule has 0 saturated carbocycles. The summed E-state index contributed by atoms with van der Waals surface area (Å²) in [4.78, 5) is 37.4. The van der Waals surface area contributed by atoms with Crippen molar-refractivity contribution in [1.82, 2.24) is 0 Å². The van der Waals surface area contributed by atoms with Crippen LogP contribution in [0.1, 0.15) is 123 Å². The van der Waals surface area contributed by atoms with E-state index in [1.54, 1.807) is 12.2 Å². The Kier molecular flexibility index (Phi) is 33.7. The first kappa shape index (κ1) is 52.2. The summed E-state index contributed by atoms with van der Waals surface area (Å²) in [5.41, 5.74) is 0. The predicted octanol–water partition coefficient (Wildman–Crippen LogP) is 9.58. The number of carbonyl (C=O) groups excluding carboxylic acids is 2. The maximum absolute atomic E-state index is 12.6. The zero-order valence-electron chi connectivity index (χ0n) is 34.7. The SMILES string of the molecule is CC/C=C\C/C=C\C/C=C\C/C=C\C/C=C\C=C/C(O)CCC(=O)O[C@H](COC(=O)CCCCCCC/C=C\CCCC)COP(=O)([O-])OCC[N+](C)(C)C. The molecule has 0 spiro atoms. The Morgan fingerprint density at radius 2 is 1.27 bits per heavy atom. The van der Waals surface area contributed by atoms with Gasteiger partial charge in [0.05, 0.1) is 33.9 Å². The van der Waals surface area contributed by atoms with E-state index in [-0.39, 0.29) is 32.5 Å². The molecule has 314 valence electrons. The second-order valence-corrected chi connectivity index (χ2v) is 15.9. The fourth-order valence-corrected chi connectivity index (χ4v) is 5.47. The van der Waals surface area contributed by atoms with Gasteiger partial charge in [0.1, 0.15) is 19.8 Å². The Morgan fingerprint density at radius 3 is 1.89 bits per heavy atom. The van der Waals surface area contributed by atoms with Crippen molar-refractivity contribution in [3.63, 3.8) is 0 Å². The molecule has 0 aliphatic heterocycles. The van der Waals surface area contributed by atoms with E-state index in [0.29, 0.717) is 17.4 Å². The number of carbonyl (C=O) groups is 2. The number of unbranched alkanes of at least 4 members (excludes halogenated alkanes) is 7. The van der Waals surface area contributed by atoms with Gasteiger partial charge in [-0.1, -0.05) is 131 Å². The minimum atomic E-state index is -4.69. The number of phosphoric acid groups is 1. The zero-order valence-corrected chi connectivity index (χ0v) is 35.6. The van der Waals surface area contributed by atoms with Crippen LogP contribution in [0.4, 0.5) is 0 Å². The third kappa shape index (κ3) is 39.2. The molecule has 0 amide bonds. The monoisotopic (exact) mass is 792 g/mol. The number of allylic oxidation sites excluding steroid dienone is 13. The van der Waals surface area contributed by atoms with Crippen LogP contribution in [0.5, 0.6) is 0 Å². The number of quaternary nitrogens is 1. The van der Waals surface area contributed by atoms with Crippen molar-refractivity contribution in [1.29, 1.82) is 0 Å². The van der Waals surface area contributed by atoms with Gasteiger partial charge in [-0.15, -0.1) is 0 Å². The van der Waals surface area contributed by atoms with Gasteiger partial charge in [-0.05, 0) is 64.2 Å². The highest BCUT2D eigenvalue weighted by atomic mass is 31.2. The normalized spacial score (nSPS) is 15.1. The average molecular weight is 792 g/mol. The predicted molar refractivity (Wildman–Crippen MR) is 223 cm³/mol. The van der Waals surface area contributed by atoms with E-state index in [2.05, 4.69) is 74.6 Å². The highest BCUT2D eigenvalue weighted by Gasteiger charge is 2.22. The second kappa shape index (κ2) is 35.6. The number of esters is 2. The number of nitrogens with zero attached hydrogens (tertiary/aromatic N) is 1. The lowest BCUT2D eigenvalue weighted by Gasteiger charge is -2.28. The molecule has 0 rings (SSSR count). The van der Waals surface area contributed by atoms with Gasteiger partial charge in [0, 0.05) is 12.8 Å². The van der Waals surface area contributed by atoms with Crippen molar-refractivity contribution in [3.05, 3.63) is 85.1 Å². The Morgan fingerprint density at radius 1 is 0.691 bits per heavy atom. The third-order valence-corrected chi connectivity index (χ3v) is 8.98. The maximum atomic E-state index is 12.6. The summed E-state index contributed by atoms with van der Waals surface area (Å²) in [6.45, 7) is 3.74. The second-order valence-electron chi connectivity index (χ2n) is 14.5. The van der Waals surface area contributed by atoms with Crippen LogP contribution < -0.4 is 4.89 Å². The minimum absolute atomic E-state index is 0.0790. The number of likely N-dealkylation sites (N-methyl/N-ethyl adjacent to an activating group) is 1. The average Bonchev–Trinajstić information content (AvgIpc) is 3.13. The first-order valence-corrected chi connectivity index (χ1v) is 21.9. The van der Waals surface area contributed by atoms with Gasteiger partial charge >= 0.3 is 11.9 Å². The van der Waals surface area contributed by atoms with Crippen LogP contribution in [0.2, 0.25) is 0 Å². The maximum Gasteiger partial charge on any atom is 0.306 e. The lowest BCUT2D eigenvalue weighted by atomic mass is 10.1. The molecule has 0 radical (unpaired) electrons. The summed E-state index contributed by atoms with van der Waals surface area (Å²) >= 11 is 0. The molecule has 0 bridgehead atoms. The summed E-state index contributed by atoms with van der Waals surface area (Å²) < 4.78 is 33.5. The molecule has 3 atom stereocenters. The topological polar surface area (TPSA) is 131 Å². The summed E-state index contributed by atoms with van der Waals surface area (Å²) in [7, 11) is 1.00. The Balaban J connectivity index is 4.68. The first-order valence-electron chi connectivity index (χ1n) is 20.4. The third-order valence-electron chi connectivity index (χ3n) is 8.02. The van der Waals surface area contributed by atoms with E-state index in [9.17, 15) is 24.2 Å². The molecule has 0 aromatic carbocycles. The molecular formula is C44H74NO9P. The van der Waals surface area contributed by atoms with Crippen molar-refractivity contribution in [2.45, 2.75) is 135 Å². The fourth-order valence-electron chi connectivity index (χ4n) is 4.74. The van der Waals surface area contributed by atoms with E-state index in [1.807, 2.05) is 33.3 Å². The summed E-state index contributed by atoms with van der Waals surface area (Å²) in [6, 6.07) is 0. The van der Waals surface area contributed by atoms with E-state index >= 15 is 0 Å². The van der Waals surface area contributed by atoms with Gasteiger partial charge in [-0.25, -0.2) is 0 Å². The molecule has 55 heavy (non-hydrogen) atoms. The van der Waals surface area contributed by atoms with Crippen LogP contribution in [-0.2, 0) is 32.7 Å². The number of ether oxygens (including phenoxy) is 2. The molecule has 0 heterocycles. The number of rotatable bonds is 35. The van der Waals surface area contributed by atoms with E-state index in [0.717, 1.165) is 70.6 Å². The van der Waals surface area contributed by atoms with Crippen LogP contribution >= 0.6 is 7.82 Å². The van der Waals surface area contributed by atoms with Crippen LogP contribution in [0.15, 0.2) is 85.1 Å². The lowest BCUT2D eigenvalue weighted by molar-refractivity contribution is -0.870. The van der Waals surface area contributed by atoms with Gasteiger partial charge in [-0.2, -0.15) is 0 Å². The molecule has 0 fully saturated rings. The highest BCUT2D eigenvalue weighted by molar-refractivity contribution is 7.45. The van der Waals surface area contributed by atoms with Crippen molar-refractivity contribution >= 4 is 19.8 Å². The Bertz CT molecular complexity index is 1230. The molecule has 1 N–H and O–H groups in total. The molecule has 10 nitrogen and oxygen atoms in total. The molecule has 0 saturated heterocycles. The number of hydrogen-bond donors (Lipinski definition) is 1. The first-order chi connectivity index (χ1) is 26.4. The van der Waals surface area contributed by atoms with Crippen molar-refractivity contribution in [2.24, 2.45) is 0 Å². The quantitative estimate of drug-likeness (QED) is 0.0167. The standard InChI is InChI=1S/C44H74NO9P/c1-6-8-10-12-14-16-18-19-20-21-22-24-25-27-29-31-33-41(46)35-36-44(48)54-42(40-53-55(49,50)52-38-37-45(3,4)5)39-51-43(47)34-32-30-28-26-23-17-15-13-11-9-7-2/h8,10,13-16,19-20,22,24,27,29,31,33,41-42,46H,6-7,9,11-12,17-18,21,23,25-26,28,30,32,34-40H2,1-5H3/b10-8-,15-13-,16-14-,20-19-,24-22-,29-27-,33-31-/t41?,42-/m1/s1. The fraction of sp³-hybridized carbons (Fsp3) is 0.636. The Labute approximate surface area is 333 Å². The smallest absolute Gasteiger partial charge is 0.306 e. The Hall–Kier alpha value is -2.85. The molecule has 2 unspecified atom stereocenters. The van der Waals surface area contributed by atoms with E-state index < -0.39 is 38.6 Å². The summed E-state index contributed by atoms with van der Waals surface area (Å²) in [5, 5.41) is 10.3. The molecular weight excluding hydrogens is 717 g/mol. The van der Waals surface area contributed by atoms with Crippen LogP contribution in [0, 0.1) is 0 Å². The highest BCUT2D eigenvalue weighted by Crippen LogP contribution is 2.38. The summed E-state index contributed by atoms with van der Waals surface area (Å²) in [6.07, 6.45) is 40.9. The molecule has 11 heteroatoms. The lowest BCUT2D eigenvalue weighted by Crippen LogP contribution is -2.37. The van der Waals surface area contributed by atoms with Crippen molar-refractivity contribution < 1.29 is 47.2 Å². The minimum Gasteiger partial charge on any atom is -0.756 e. The van der Waals surface area contributed by atoms with Gasteiger partial charge in [0.15, 0.2) is 6.10 Å². The van der Waals surface area contributed by atoms with E-state index in [4.69, 9.17) is 18.5 Å². The van der Waals surface area contributed by atoms with Gasteiger partial charge < -0.3 is 33.0 Å². The van der Waals surface area contributed by atoms with Crippen LogP contribution in [-0.4, -0.2) is 81.2 Å². The van der Waals surface area contributed by atoms with Crippen molar-refractivity contribution in [3.8, 4) is 0 Å². The molecule has 0 aromatic heterocycles. The zero-order chi connectivity index (χ0) is 40.9. The van der Waals surface area contributed by atoms with Crippen molar-refractivity contribution in [2.75, 3.05) is 47.5 Å². The van der Waals surface area contributed by atoms with Crippen LogP contribution in [0.3, 0.4) is 0 Å². The number of aliphatic hydroxyl groups is 1. The summed E-state index contributed by atoms with van der Waals surface area (Å²) in [5.74, 6) is -1.14. The molecule has 0 aliphatic carbocycles. The molecule has 0 aliphatic rings. The van der Waals surface area contributed by atoms with Crippen LogP contribution in [0.25, 0.3) is 0 Å². The van der Waals surface area contributed by atoms with Gasteiger partial charge in [-0.3, -0.25) is 14.2 Å². The van der Waals surface area contributed by atoms with E-state index in [1.165, 1.54) is 12.8 Å². The number of aliphatic hydroxyl groups excluding tert-OH is 1. The number of hydrogen-bond acceptors (Lipinski definition) is 9.